The Morgan fingerprint density at radius 3 is 2.77 bits per heavy atom. The van der Waals surface area contributed by atoms with Crippen molar-refractivity contribution in [3.05, 3.63) is 23.1 Å². The zero-order valence-corrected chi connectivity index (χ0v) is 16.2. The van der Waals surface area contributed by atoms with Gasteiger partial charge in [0.1, 0.15) is 4.88 Å². The van der Waals surface area contributed by atoms with Crippen LogP contribution in [0.5, 0.6) is 0 Å². The summed E-state index contributed by atoms with van der Waals surface area (Å²) in [6.07, 6.45) is 2.30. The number of aromatic nitrogens is 1. The maximum Gasteiger partial charge on any atom is 0.263 e. The molecule has 0 saturated carbocycles. The molecule has 0 spiro atoms. The second kappa shape index (κ2) is 6.79. The number of carbonyl (C=O) groups excluding carboxylic acids is 1. The third kappa shape index (κ3) is 3.43. The Morgan fingerprint density at radius 1 is 1.35 bits per heavy atom. The molecule has 26 heavy (non-hydrogen) atoms. The number of anilines is 1. The lowest BCUT2D eigenvalue weighted by atomic mass is 9.84. The van der Waals surface area contributed by atoms with E-state index < -0.39 is 10.0 Å². The van der Waals surface area contributed by atoms with Gasteiger partial charge in [-0.15, -0.1) is 0 Å². The molecule has 0 radical (unpaired) electrons. The summed E-state index contributed by atoms with van der Waals surface area (Å²) in [6, 6.07) is 5.31. The van der Waals surface area contributed by atoms with Crippen LogP contribution in [0.25, 0.3) is 10.9 Å². The Hall–Kier alpha value is -1.71. The highest BCUT2D eigenvalue weighted by atomic mass is 32.2. The quantitative estimate of drug-likeness (QED) is 0.808. The molecule has 0 aliphatic carbocycles. The van der Waals surface area contributed by atoms with E-state index in [0.717, 1.165) is 49.4 Å². The first-order chi connectivity index (χ1) is 12.4. The lowest BCUT2D eigenvalue weighted by molar-refractivity contribution is 0.0623. The summed E-state index contributed by atoms with van der Waals surface area (Å²) in [5.74, 6) is 0.492. The molecule has 0 unspecified atom stereocenters. The lowest BCUT2D eigenvalue weighted by Gasteiger charge is -2.44. The molecule has 1 amide bonds. The molecule has 3 aliphatic rings. The first-order valence-corrected chi connectivity index (χ1v) is 11.3. The van der Waals surface area contributed by atoms with Crippen LogP contribution in [-0.2, 0) is 10.0 Å². The first kappa shape index (κ1) is 17.7. The summed E-state index contributed by atoms with van der Waals surface area (Å²) in [6.45, 7) is 4.78. The van der Waals surface area contributed by atoms with Gasteiger partial charge in [0.05, 0.1) is 17.0 Å². The number of hydrogen-bond donors (Lipinski definition) is 2. The first-order valence-electron chi connectivity index (χ1n) is 8.88. The van der Waals surface area contributed by atoms with Gasteiger partial charge in [-0.25, -0.2) is 8.42 Å². The molecule has 7 nitrogen and oxygen atoms in total. The van der Waals surface area contributed by atoms with E-state index in [1.54, 1.807) is 25.1 Å². The minimum Gasteiger partial charge on any atom is -0.347 e. The Kier molecular flexibility index (Phi) is 4.62. The smallest absolute Gasteiger partial charge is 0.263 e. The third-order valence-corrected chi connectivity index (χ3v) is 7.49. The van der Waals surface area contributed by atoms with E-state index in [9.17, 15) is 13.2 Å². The molecular formula is C17H22N4O3S2. The summed E-state index contributed by atoms with van der Waals surface area (Å²) in [5.41, 5.74) is 1.10. The van der Waals surface area contributed by atoms with Crippen molar-refractivity contribution in [2.75, 3.05) is 30.1 Å². The summed E-state index contributed by atoms with van der Waals surface area (Å²) in [5, 5.41) is 3.94. The van der Waals surface area contributed by atoms with Gasteiger partial charge in [-0.3, -0.25) is 9.52 Å². The second-order valence-electron chi connectivity index (χ2n) is 6.97. The number of fused-ring (bicyclic) bond motifs is 4. The molecule has 9 heteroatoms. The molecule has 4 heterocycles. The predicted octanol–water partition coefficient (Wildman–Crippen LogP) is 1.88. The zero-order valence-electron chi connectivity index (χ0n) is 14.6. The molecule has 3 fully saturated rings. The van der Waals surface area contributed by atoms with Gasteiger partial charge in [0.15, 0.2) is 0 Å². The van der Waals surface area contributed by atoms with Gasteiger partial charge in [0, 0.05) is 18.0 Å². The number of piperidine rings is 3. The number of nitrogens with one attached hydrogen (secondary N) is 2. The van der Waals surface area contributed by atoms with Crippen molar-refractivity contribution in [1.29, 1.82) is 0 Å². The van der Waals surface area contributed by atoms with Crippen LogP contribution in [-0.4, -0.2) is 55.0 Å². The summed E-state index contributed by atoms with van der Waals surface area (Å²) in [7, 11) is -3.33. The van der Waals surface area contributed by atoms with Crippen molar-refractivity contribution in [2.24, 2.45) is 5.92 Å². The van der Waals surface area contributed by atoms with E-state index in [0.29, 0.717) is 22.0 Å². The molecule has 2 N–H and O–H groups in total. The van der Waals surface area contributed by atoms with Gasteiger partial charge in [0.2, 0.25) is 10.0 Å². The Balaban J connectivity index is 1.52. The van der Waals surface area contributed by atoms with Crippen LogP contribution in [0.15, 0.2) is 18.2 Å². The molecule has 1 aromatic carbocycles. The maximum atomic E-state index is 12.8. The van der Waals surface area contributed by atoms with Crippen LogP contribution < -0.4 is 10.0 Å². The maximum absolute atomic E-state index is 12.8. The standard InChI is InChI=1S/C17H22N4O3S2/c1-2-26(23,24)20-12-3-4-13-14(9-12)19-25-16(13)17(22)18-15-10-21-7-5-11(15)6-8-21/h3-4,9,11,15,20H,2,5-8,10H2,1H3,(H,18,22)/t15-/m0/s1. The minimum absolute atomic E-state index is 0.00926. The molecule has 2 aromatic rings. The molecule has 1 aromatic heterocycles. The van der Waals surface area contributed by atoms with Crippen molar-refractivity contribution in [1.82, 2.24) is 14.6 Å². The summed E-state index contributed by atoms with van der Waals surface area (Å²) in [4.78, 5) is 15.7. The van der Waals surface area contributed by atoms with Gasteiger partial charge < -0.3 is 10.2 Å². The average Bonchev–Trinajstić information content (AvgIpc) is 3.06. The summed E-state index contributed by atoms with van der Waals surface area (Å²) < 4.78 is 30.3. The zero-order chi connectivity index (χ0) is 18.3. The van der Waals surface area contributed by atoms with E-state index in [1.165, 1.54) is 0 Å². The molecule has 1 atom stereocenters. The van der Waals surface area contributed by atoms with Crippen molar-refractivity contribution in [3.63, 3.8) is 0 Å². The highest BCUT2D eigenvalue weighted by Gasteiger charge is 2.35. The van der Waals surface area contributed by atoms with E-state index in [-0.39, 0.29) is 17.7 Å². The second-order valence-corrected chi connectivity index (χ2v) is 9.75. The van der Waals surface area contributed by atoms with E-state index in [2.05, 4.69) is 19.3 Å². The van der Waals surface area contributed by atoms with Crippen molar-refractivity contribution < 1.29 is 13.2 Å². The highest BCUT2D eigenvalue weighted by Crippen LogP contribution is 2.29. The third-order valence-electron chi connectivity index (χ3n) is 5.31. The molecule has 2 bridgehead atoms. The monoisotopic (exact) mass is 394 g/mol. The number of amides is 1. The Morgan fingerprint density at radius 2 is 2.12 bits per heavy atom. The van der Waals surface area contributed by atoms with Gasteiger partial charge in [-0.05, 0) is 68.5 Å². The van der Waals surface area contributed by atoms with Gasteiger partial charge in [-0.1, -0.05) is 0 Å². The van der Waals surface area contributed by atoms with Crippen molar-refractivity contribution >= 4 is 44.1 Å². The lowest BCUT2D eigenvalue weighted by Crippen LogP contribution is -2.57. The molecular weight excluding hydrogens is 372 g/mol. The van der Waals surface area contributed by atoms with Crippen molar-refractivity contribution in [2.45, 2.75) is 25.8 Å². The molecule has 3 aliphatic heterocycles. The molecule has 140 valence electrons. The Labute approximate surface area is 157 Å². The fourth-order valence-electron chi connectivity index (χ4n) is 3.78. The van der Waals surface area contributed by atoms with Gasteiger partial charge >= 0.3 is 0 Å². The topological polar surface area (TPSA) is 91.4 Å². The number of benzene rings is 1. The van der Waals surface area contributed by atoms with Gasteiger partial charge in [0.25, 0.3) is 5.91 Å². The number of carbonyl (C=O) groups is 1. The van der Waals surface area contributed by atoms with Gasteiger partial charge in [-0.2, -0.15) is 4.37 Å². The molecule has 3 saturated heterocycles. The average molecular weight is 395 g/mol. The van der Waals surface area contributed by atoms with E-state index in [4.69, 9.17) is 0 Å². The van der Waals surface area contributed by atoms with Crippen LogP contribution in [0.1, 0.15) is 29.4 Å². The normalized spacial score (nSPS) is 25.3. The van der Waals surface area contributed by atoms with Crippen molar-refractivity contribution in [3.8, 4) is 0 Å². The SMILES string of the molecule is CCS(=O)(=O)Nc1ccc2c(C(=O)N[C@H]3CN4CCC3CC4)snc2c1. The summed E-state index contributed by atoms with van der Waals surface area (Å²) >= 11 is 1.16. The Bertz CT molecular complexity index is 933. The largest absolute Gasteiger partial charge is 0.347 e. The van der Waals surface area contributed by atoms with Crippen LogP contribution in [0.4, 0.5) is 5.69 Å². The number of rotatable bonds is 5. The molecule has 5 rings (SSSR count). The number of nitrogens with zero attached hydrogens (tertiary/aromatic N) is 2. The fourth-order valence-corrected chi connectivity index (χ4v) is 5.17. The van der Waals surface area contributed by atoms with Crippen LogP contribution in [0.3, 0.4) is 0 Å². The van der Waals surface area contributed by atoms with Crippen LogP contribution >= 0.6 is 11.5 Å². The van der Waals surface area contributed by atoms with E-state index in [1.807, 2.05) is 0 Å². The van der Waals surface area contributed by atoms with E-state index >= 15 is 0 Å². The van der Waals surface area contributed by atoms with Crippen LogP contribution in [0, 0.1) is 5.92 Å². The number of sulfonamides is 1. The number of hydrogen-bond acceptors (Lipinski definition) is 6. The predicted molar refractivity (Wildman–Crippen MR) is 103 cm³/mol. The highest BCUT2D eigenvalue weighted by molar-refractivity contribution is 7.92. The fraction of sp³-hybridized carbons (Fsp3) is 0.529. The minimum atomic E-state index is -3.33. The van der Waals surface area contributed by atoms with Crippen LogP contribution in [0.2, 0.25) is 0 Å².